The van der Waals surface area contributed by atoms with E-state index >= 15 is 0 Å². The van der Waals surface area contributed by atoms with Gasteiger partial charge in [0.15, 0.2) is 0 Å². The predicted octanol–water partition coefficient (Wildman–Crippen LogP) is 2.96. The molecule has 0 amide bonds. The summed E-state index contributed by atoms with van der Waals surface area (Å²) in [6.45, 7) is 0. The van der Waals surface area contributed by atoms with E-state index < -0.39 is 13.5 Å². The zero-order valence-corrected chi connectivity index (χ0v) is 14.1. The van der Waals surface area contributed by atoms with Crippen LogP contribution in [-0.2, 0) is 0 Å². The van der Waals surface area contributed by atoms with Crippen LogP contribution in [0.2, 0.25) is 0 Å². The van der Waals surface area contributed by atoms with Crippen LogP contribution in [0.1, 0.15) is 0 Å². The van der Waals surface area contributed by atoms with Crippen molar-refractivity contribution in [2.75, 3.05) is 0 Å². The zero-order valence-electron chi connectivity index (χ0n) is 12.0. The fraction of sp³-hybridized carbons (Fsp3) is 0. The van der Waals surface area contributed by atoms with Gasteiger partial charge < -0.3 is 0 Å². The van der Waals surface area contributed by atoms with Gasteiger partial charge in [0, 0.05) is 0 Å². The maximum absolute atomic E-state index is 9.29. The Bertz CT molecular complexity index is 686. The van der Waals surface area contributed by atoms with Gasteiger partial charge >= 0.3 is 132 Å². The van der Waals surface area contributed by atoms with Gasteiger partial charge in [0.25, 0.3) is 0 Å². The second-order valence-electron chi connectivity index (χ2n) is 5.00. The summed E-state index contributed by atoms with van der Waals surface area (Å²) in [7, 11) is 0. The van der Waals surface area contributed by atoms with E-state index in [1.807, 2.05) is 54.6 Å². The van der Waals surface area contributed by atoms with E-state index in [4.69, 9.17) is 0 Å². The summed E-state index contributed by atoms with van der Waals surface area (Å²) in [5.74, 6) is 0. The summed E-state index contributed by atoms with van der Waals surface area (Å²) >= 11 is -3.36. The second-order valence-corrected chi connectivity index (χ2v) is 12.0. The maximum atomic E-state index is 9.29. The van der Waals surface area contributed by atoms with E-state index in [0.717, 1.165) is 13.2 Å². The van der Waals surface area contributed by atoms with Gasteiger partial charge in [-0.25, -0.2) is 0 Å². The summed E-state index contributed by atoms with van der Waals surface area (Å²) in [4.78, 5) is 3.25. The summed E-state index contributed by atoms with van der Waals surface area (Å²) in [6, 6.07) is 30.5. The number of nitrogens with zero attached hydrogens (tertiary/aromatic N) is 3. The molecule has 0 fully saturated rings. The topological polar surface area (TPSA) is 48.8 Å². The Kier molecular flexibility index (Phi) is 4.28. The molecule has 22 heavy (non-hydrogen) atoms. The molecule has 0 saturated carbocycles. The van der Waals surface area contributed by atoms with Crippen molar-refractivity contribution >= 4 is 26.7 Å². The molecule has 0 aliphatic heterocycles. The minimum atomic E-state index is -3.36. The quantitative estimate of drug-likeness (QED) is 0.302. The van der Waals surface area contributed by atoms with E-state index in [2.05, 4.69) is 45.4 Å². The average molecular weight is 346 g/mol. The normalized spacial score (nSPS) is 10.7. The first kappa shape index (κ1) is 14.5. The van der Waals surface area contributed by atoms with Crippen LogP contribution < -0.4 is 13.2 Å². The van der Waals surface area contributed by atoms with Crippen LogP contribution in [-0.4, -0.2) is 13.5 Å². The first-order valence-corrected chi connectivity index (χ1v) is 11.2. The van der Waals surface area contributed by atoms with Crippen molar-refractivity contribution in [3.05, 3.63) is 101 Å². The molecule has 3 nitrogen and oxygen atoms in total. The third-order valence-corrected chi connectivity index (χ3v) is 11.9. The van der Waals surface area contributed by atoms with Gasteiger partial charge in [-0.3, -0.25) is 0 Å². The van der Waals surface area contributed by atoms with Crippen molar-refractivity contribution in [3.63, 3.8) is 0 Å². The molecule has 3 aromatic rings. The SMILES string of the molecule is [N-]=[N+]=[N][Ge]([c]1ccccc1)([c]1ccccc1)[c]1ccccc1. The number of rotatable bonds is 4. The van der Waals surface area contributed by atoms with E-state index in [9.17, 15) is 5.53 Å². The number of benzene rings is 3. The Labute approximate surface area is 132 Å². The van der Waals surface area contributed by atoms with Crippen molar-refractivity contribution in [3.8, 4) is 0 Å². The monoisotopic (exact) mass is 347 g/mol. The molecule has 0 bridgehead atoms. The molecule has 0 radical (unpaired) electrons. The molecule has 0 aromatic heterocycles. The number of hydrogen-bond donors (Lipinski definition) is 0. The predicted molar refractivity (Wildman–Crippen MR) is 93.1 cm³/mol. The van der Waals surface area contributed by atoms with Crippen molar-refractivity contribution in [2.24, 2.45) is 4.07 Å². The van der Waals surface area contributed by atoms with Gasteiger partial charge in [-0.1, -0.05) is 0 Å². The molecule has 0 heterocycles. The van der Waals surface area contributed by atoms with Crippen molar-refractivity contribution in [2.45, 2.75) is 0 Å². The van der Waals surface area contributed by atoms with Gasteiger partial charge in [0.05, 0.1) is 0 Å². The van der Waals surface area contributed by atoms with Crippen molar-refractivity contribution in [1.82, 2.24) is 0 Å². The Morgan fingerprint density at radius 3 is 1.18 bits per heavy atom. The summed E-state index contributed by atoms with van der Waals surface area (Å²) in [6.07, 6.45) is 0. The van der Waals surface area contributed by atoms with Crippen LogP contribution >= 0.6 is 0 Å². The first-order valence-electron chi connectivity index (χ1n) is 7.11. The molecule has 0 aliphatic rings. The Morgan fingerprint density at radius 1 is 0.591 bits per heavy atom. The van der Waals surface area contributed by atoms with E-state index in [0.29, 0.717) is 0 Å². The van der Waals surface area contributed by atoms with Gasteiger partial charge in [0.1, 0.15) is 0 Å². The van der Waals surface area contributed by atoms with Crippen LogP contribution in [0.5, 0.6) is 0 Å². The summed E-state index contributed by atoms with van der Waals surface area (Å²) in [5, 5.41) is 0. The van der Waals surface area contributed by atoms with Crippen LogP contribution in [0.4, 0.5) is 0 Å². The standard InChI is InChI=1S/C18H15GeN3/c20-22-21-19(16-10-4-1-5-11-16,17-12-6-2-7-13-17)18-14-8-3-9-15-18/h1-15H. The third kappa shape index (κ3) is 2.52. The number of azide groups is 1. The first-order chi connectivity index (χ1) is 10.9. The van der Waals surface area contributed by atoms with E-state index in [1.165, 1.54) is 0 Å². The minimum absolute atomic E-state index is 1.14. The molecule has 0 N–H and O–H groups in total. The van der Waals surface area contributed by atoms with Gasteiger partial charge in [-0.05, 0) is 0 Å². The Morgan fingerprint density at radius 2 is 0.909 bits per heavy atom. The van der Waals surface area contributed by atoms with Crippen LogP contribution in [0.3, 0.4) is 0 Å². The molecule has 0 unspecified atom stereocenters. The van der Waals surface area contributed by atoms with Crippen LogP contribution in [0.15, 0.2) is 95.1 Å². The molecular weight excluding hydrogens is 331 g/mol. The van der Waals surface area contributed by atoms with Gasteiger partial charge in [-0.2, -0.15) is 0 Å². The molecule has 3 rings (SSSR count). The molecule has 0 saturated heterocycles. The molecule has 0 atom stereocenters. The van der Waals surface area contributed by atoms with E-state index in [1.54, 1.807) is 0 Å². The van der Waals surface area contributed by atoms with Gasteiger partial charge in [0.2, 0.25) is 0 Å². The fourth-order valence-corrected chi connectivity index (χ4v) is 10.1. The molecular formula is C18H15GeN3. The summed E-state index contributed by atoms with van der Waals surface area (Å²) < 4.78 is 7.84. The molecule has 106 valence electrons. The molecule has 0 aliphatic carbocycles. The van der Waals surface area contributed by atoms with E-state index in [-0.39, 0.29) is 0 Å². The van der Waals surface area contributed by atoms with Crippen LogP contribution in [0.25, 0.3) is 10.4 Å². The van der Waals surface area contributed by atoms with Gasteiger partial charge in [-0.15, -0.1) is 0 Å². The van der Waals surface area contributed by atoms with Crippen molar-refractivity contribution in [1.29, 1.82) is 0 Å². The second kappa shape index (κ2) is 6.52. The Hall–Kier alpha value is -2.49. The molecule has 0 spiro atoms. The fourth-order valence-electron chi connectivity index (χ4n) is 2.78. The Balaban J connectivity index is 2.37. The molecule has 3 aromatic carbocycles. The number of hydrogen-bond acceptors (Lipinski definition) is 1. The molecule has 4 heteroatoms. The third-order valence-electron chi connectivity index (χ3n) is 3.77. The average Bonchev–Trinajstić information content (AvgIpc) is 2.62. The summed E-state index contributed by atoms with van der Waals surface area (Å²) in [5.41, 5.74) is 9.29. The van der Waals surface area contributed by atoms with Crippen molar-refractivity contribution < 1.29 is 0 Å². The van der Waals surface area contributed by atoms with Crippen LogP contribution in [0, 0.1) is 0 Å². The zero-order chi connectivity index (χ0) is 15.3.